The molecule has 0 aliphatic rings. The maximum Gasteiger partial charge on any atom is 0.131 e. The van der Waals surface area contributed by atoms with E-state index in [1.807, 2.05) is 32.4 Å². The molecule has 1 aromatic carbocycles. The van der Waals surface area contributed by atoms with Gasteiger partial charge in [0.2, 0.25) is 0 Å². The molecule has 0 N–H and O–H groups in total. The van der Waals surface area contributed by atoms with Gasteiger partial charge >= 0.3 is 0 Å². The van der Waals surface area contributed by atoms with Crippen LogP contribution in [0, 0.1) is 0 Å². The van der Waals surface area contributed by atoms with E-state index in [1.165, 1.54) is 0 Å². The van der Waals surface area contributed by atoms with Gasteiger partial charge in [-0.1, -0.05) is 30.3 Å². The van der Waals surface area contributed by atoms with E-state index < -0.39 is 0 Å². The third kappa shape index (κ3) is 3.52. The monoisotopic (exact) mass is 268 g/mol. The summed E-state index contributed by atoms with van der Waals surface area (Å²) >= 11 is 0. The summed E-state index contributed by atoms with van der Waals surface area (Å²) in [5.74, 6) is 0.208. The Morgan fingerprint density at radius 1 is 1.15 bits per heavy atom. The van der Waals surface area contributed by atoms with Crippen LogP contribution in [0.25, 0.3) is 11.1 Å². The van der Waals surface area contributed by atoms with Gasteiger partial charge in [-0.2, -0.15) is 0 Å². The van der Waals surface area contributed by atoms with Crippen LogP contribution in [0.15, 0.2) is 48.8 Å². The number of pyridine rings is 1. The fourth-order valence-electron chi connectivity index (χ4n) is 2.30. The summed E-state index contributed by atoms with van der Waals surface area (Å²) in [6.07, 6.45) is 4.17. The minimum atomic E-state index is 0.135. The molecular formula is C17H20N2O. The van der Waals surface area contributed by atoms with Crippen LogP contribution in [0.1, 0.15) is 24.9 Å². The number of benzene rings is 1. The highest BCUT2D eigenvalue weighted by atomic mass is 16.1. The average molecular weight is 268 g/mol. The second-order valence-corrected chi connectivity index (χ2v) is 5.25. The molecule has 0 saturated carbocycles. The predicted molar refractivity (Wildman–Crippen MR) is 81.4 cm³/mol. The van der Waals surface area contributed by atoms with Gasteiger partial charge in [-0.3, -0.25) is 9.78 Å². The molecule has 0 radical (unpaired) electrons. The smallest absolute Gasteiger partial charge is 0.131 e. The number of nitrogens with zero attached hydrogens (tertiary/aromatic N) is 2. The Morgan fingerprint density at radius 3 is 2.35 bits per heavy atom. The van der Waals surface area contributed by atoms with Crippen LogP contribution in [0.2, 0.25) is 0 Å². The predicted octanol–water partition coefficient (Wildman–Crippen LogP) is 3.33. The van der Waals surface area contributed by atoms with Crippen molar-refractivity contribution in [1.29, 1.82) is 0 Å². The molecule has 1 unspecified atom stereocenters. The molecule has 0 amide bonds. The number of rotatable bonds is 5. The lowest BCUT2D eigenvalue weighted by Crippen LogP contribution is -2.22. The van der Waals surface area contributed by atoms with Gasteiger partial charge in [0.05, 0.1) is 0 Å². The number of ketones is 1. The highest BCUT2D eigenvalue weighted by Gasteiger charge is 2.16. The second-order valence-electron chi connectivity index (χ2n) is 5.25. The van der Waals surface area contributed by atoms with E-state index >= 15 is 0 Å². The Kier molecular flexibility index (Phi) is 4.64. The third-order valence-electron chi connectivity index (χ3n) is 3.39. The number of hydrogen-bond donors (Lipinski definition) is 0. The number of carbonyl (C=O) groups is 1. The van der Waals surface area contributed by atoms with Crippen LogP contribution in [-0.2, 0) is 4.79 Å². The van der Waals surface area contributed by atoms with Crippen molar-refractivity contribution in [1.82, 2.24) is 9.88 Å². The summed E-state index contributed by atoms with van der Waals surface area (Å²) in [5.41, 5.74) is 3.41. The summed E-state index contributed by atoms with van der Waals surface area (Å²) in [4.78, 5) is 17.6. The molecular weight excluding hydrogens is 248 g/mol. The van der Waals surface area contributed by atoms with Crippen molar-refractivity contribution in [3.05, 3.63) is 54.4 Å². The Morgan fingerprint density at radius 2 is 1.85 bits per heavy atom. The van der Waals surface area contributed by atoms with Crippen LogP contribution in [0.3, 0.4) is 0 Å². The molecule has 104 valence electrons. The van der Waals surface area contributed by atoms with Gasteiger partial charge in [0.15, 0.2) is 0 Å². The lowest BCUT2D eigenvalue weighted by molar-refractivity contribution is -0.118. The van der Waals surface area contributed by atoms with Gasteiger partial charge in [-0.15, -0.1) is 0 Å². The molecule has 0 bridgehead atoms. The van der Waals surface area contributed by atoms with Crippen molar-refractivity contribution in [3.63, 3.8) is 0 Å². The molecule has 20 heavy (non-hydrogen) atoms. The molecule has 1 aromatic heterocycles. The van der Waals surface area contributed by atoms with Crippen LogP contribution in [0.5, 0.6) is 0 Å². The van der Waals surface area contributed by atoms with E-state index in [2.05, 4.69) is 34.1 Å². The summed E-state index contributed by atoms with van der Waals surface area (Å²) in [5, 5.41) is 0. The fourth-order valence-corrected chi connectivity index (χ4v) is 2.30. The first kappa shape index (κ1) is 14.4. The molecule has 0 aliphatic carbocycles. The lowest BCUT2D eigenvalue weighted by atomic mass is 9.98. The van der Waals surface area contributed by atoms with E-state index in [0.717, 1.165) is 16.7 Å². The van der Waals surface area contributed by atoms with Crippen LogP contribution >= 0.6 is 0 Å². The maximum atomic E-state index is 11.4. The Labute approximate surface area is 120 Å². The fraction of sp³-hybridized carbons (Fsp3) is 0.294. The van der Waals surface area contributed by atoms with E-state index in [-0.39, 0.29) is 11.8 Å². The molecule has 1 atom stereocenters. The Balaban J connectivity index is 2.24. The molecule has 0 saturated heterocycles. The van der Waals surface area contributed by atoms with Crippen LogP contribution < -0.4 is 0 Å². The largest absolute Gasteiger partial charge is 0.302 e. The summed E-state index contributed by atoms with van der Waals surface area (Å²) in [6.45, 7) is 1.64. The standard InChI is InChI=1S/C17H20N2O/c1-13(20)11-17(19(2)3)15-8-6-14(7-9-15)16-5-4-10-18-12-16/h4-10,12,17H,11H2,1-3H3. The molecule has 0 aliphatic heterocycles. The zero-order valence-electron chi connectivity index (χ0n) is 12.2. The van der Waals surface area contributed by atoms with Gasteiger partial charge in [0.25, 0.3) is 0 Å². The van der Waals surface area contributed by atoms with Crippen molar-refractivity contribution in [2.75, 3.05) is 14.1 Å². The molecule has 0 fully saturated rings. The van der Waals surface area contributed by atoms with E-state index in [9.17, 15) is 4.79 Å². The Hall–Kier alpha value is -2.00. The van der Waals surface area contributed by atoms with Crippen molar-refractivity contribution < 1.29 is 4.79 Å². The molecule has 2 rings (SSSR count). The third-order valence-corrected chi connectivity index (χ3v) is 3.39. The van der Waals surface area contributed by atoms with Crippen molar-refractivity contribution in [3.8, 4) is 11.1 Å². The van der Waals surface area contributed by atoms with E-state index in [0.29, 0.717) is 6.42 Å². The van der Waals surface area contributed by atoms with Crippen LogP contribution in [-0.4, -0.2) is 29.8 Å². The highest BCUT2D eigenvalue weighted by Crippen LogP contribution is 2.25. The quantitative estimate of drug-likeness (QED) is 0.834. The zero-order valence-corrected chi connectivity index (χ0v) is 12.2. The molecule has 2 aromatic rings. The number of aromatic nitrogens is 1. The van der Waals surface area contributed by atoms with E-state index in [4.69, 9.17) is 0 Å². The van der Waals surface area contributed by atoms with Gasteiger partial charge in [-0.25, -0.2) is 0 Å². The first-order valence-corrected chi connectivity index (χ1v) is 6.74. The number of Topliss-reactive ketones (excluding diaryl/α,β-unsaturated/α-hetero) is 1. The van der Waals surface area contributed by atoms with Crippen molar-refractivity contribution in [2.24, 2.45) is 0 Å². The summed E-state index contributed by atoms with van der Waals surface area (Å²) in [6, 6.07) is 12.5. The maximum absolute atomic E-state index is 11.4. The van der Waals surface area contributed by atoms with Crippen LogP contribution in [0.4, 0.5) is 0 Å². The second kappa shape index (κ2) is 6.44. The van der Waals surface area contributed by atoms with Gasteiger partial charge in [0, 0.05) is 24.9 Å². The van der Waals surface area contributed by atoms with Gasteiger partial charge < -0.3 is 4.90 Å². The van der Waals surface area contributed by atoms with Gasteiger partial charge in [-0.05, 0) is 43.8 Å². The lowest BCUT2D eigenvalue weighted by Gasteiger charge is -2.24. The molecule has 1 heterocycles. The summed E-state index contributed by atoms with van der Waals surface area (Å²) in [7, 11) is 4.01. The minimum absolute atomic E-state index is 0.135. The number of carbonyl (C=O) groups excluding carboxylic acids is 1. The normalized spacial score (nSPS) is 12.4. The first-order valence-electron chi connectivity index (χ1n) is 6.74. The van der Waals surface area contributed by atoms with E-state index in [1.54, 1.807) is 13.1 Å². The first-order chi connectivity index (χ1) is 9.58. The van der Waals surface area contributed by atoms with Crippen molar-refractivity contribution in [2.45, 2.75) is 19.4 Å². The number of hydrogen-bond acceptors (Lipinski definition) is 3. The Bertz CT molecular complexity index is 561. The average Bonchev–Trinajstić information content (AvgIpc) is 2.45. The highest BCUT2D eigenvalue weighted by molar-refractivity contribution is 5.76. The zero-order chi connectivity index (χ0) is 14.5. The topological polar surface area (TPSA) is 33.2 Å². The SMILES string of the molecule is CC(=O)CC(c1ccc(-c2cccnc2)cc1)N(C)C. The minimum Gasteiger partial charge on any atom is -0.302 e. The molecule has 3 nitrogen and oxygen atoms in total. The molecule has 3 heteroatoms. The molecule has 0 spiro atoms. The van der Waals surface area contributed by atoms with Gasteiger partial charge in [0.1, 0.15) is 5.78 Å². The van der Waals surface area contributed by atoms with Crippen molar-refractivity contribution >= 4 is 5.78 Å². The summed E-state index contributed by atoms with van der Waals surface area (Å²) < 4.78 is 0.